The van der Waals surface area contributed by atoms with Crippen LogP contribution in [0.5, 0.6) is 11.5 Å². The molecule has 0 radical (unpaired) electrons. The van der Waals surface area contributed by atoms with Crippen LogP contribution in [0.3, 0.4) is 0 Å². The summed E-state index contributed by atoms with van der Waals surface area (Å²) in [7, 11) is 1.49. The average Bonchev–Trinajstić information content (AvgIpc) is 2.48. The second kappa shape index (κ2) is 7.31. The van der Waals surface area contributed by atoms with Gasteiger partial charge in [0.05, 0.1) is 7.11 Å². The van der Waals surface area contributed by atoms with Crippen LogP contribution in [0, 0.1) is 6.92 Å². The van der Waals surface area contributed by atoms with Crippen LogP contribution in [0.15, 0.2) is 24.3 Å². The van der Waals surface area contributed by atoms with Crippen molar-refractivity contribution >= 4 is 11.9 Å². The van der Waals surface area contributed by atoms with Gasteiger partial charge >= 0.3 is 11.9 Å². The zero-order valence-corrected chi connectivity index (χ0v) is 14.6. The van der Waals surface area contributed by atoms with Crippen LogP contribution in [-0.2, 0) is 19.9 Å². The molecular weight excluding hydrogens is 296 g/mol. The van der Waals surface area contributed by atoms with Crippen molar-refractivity contribution in [1.29, 1.82) is 0 Å². The molecule has 0 amide bonds. The Labute approximate surface area is 137 Å². The Morgan fingerprint density at radius 1 is 1.26 bits per heavy atom. The molecule has 0 fully saturated rings. The van der Waals surface area contributed by atoms with Gasteiger partial charge in [-0.1, -0.05) is 13.5 Å². The summed E-state index contributed by atoms with van der Waals surface area (Å²) in [6.45, 7) is 12.1. The van der Waals surface area contributed by atoms with Gasteiger partial charge < -0.3 is 14.2 Å². The third-order valence-corrected chi connectivity index (χ3v) is 3.66. The number of methoxy groups -OCH3 is 1. The number of benzene rings is 1. The van der Waals surface area contributed by atoms with Crippen molar-refractivity contribution in [2.75, 3.05) is 7.11 Å². The van der Waals surface area contributed by atoms with E-state index in [2.05, 4.69) is 6.58 Å². The molecule has 0 spiro atoms. The van der Waals surface area contributed by atoms with Gasteiger partial charge in [-0.3, -0.25) is 4.79 Å². The maximum Gasteiger partial charge on any atom is 0.333 e. The van der Waals surface area contributed by atoms with Gasteiger partial charge in [-0.15, -0.1) is 0 Å². The number of carbonyl (C=O) groups excluding carboxylic acids is 2. The van der Waals surface area contributed by atoms with Gasteiger partial charge in [-0.05, 0) is 50.5 Å². The van der Waals surface area contributed by atoms with Gasteiger partial charge in [0.1, 0.15) is 5.60 Å². The highest BCUT2D eigenvalue weighted by Gasteiger charge is 2.31. The summed E-state index contributed by atoms with van der Waals surface area (Å²) in [5, 5.41) is 0. The molecule has 0 saturated carbocycles. The third kappa shape index (κ3) is 4.34. The van der Waals surface area contributed by atoms with Crippen molar-refractivity contribution < 1.29 is 23.8 Å². The number of esters is 2. The molecule has 0 saturated heterocycles. The lowest BCUT2D eigenvalue weighted by Crippen LogP contribution is -2.29. The molecule has 1 unspecified atom stereocenters. The van der Waals surface area contributed by atoms with E-state index < -0.39 is 17.5 Å². The predicted molar refractivity (Wildman–Crippen MR) is 87.6 cm³/mol. The summed E-state index contributed by atoms with van der Waals surface area (Å²) >= 11 is 0. The number of hydrogen-bond donors (Lipinski definition) is 0. The molecule has 1 rings (SSSR count). The predicted octanol–water partition coefficient (Wildman–Crippen LogP) is 3.67. The van der Waals surface area contributed by atoms with Crippen molar-refractivity contribution in [3.8, 4) is 11.5 Å². The van der Waals surface area contributed by atoms with Crippen LogP contribution in [0.2, 0.25) is 0 Å². The summed E-state index contributed by atoms with van der Waals surface area (Å²) in [6, 6.07) is 3.55. The van der Waals surface area contributed by atoms with Crippen molar-refractivity contribution in [2.45, 2.75) is 46.6 Å². The zero-order valence-electron chi connectivity index (χ0n) is 14.6. The van der Waals surface area contributed by atoms with Crippen LogP contribution >= 0.6 is 0 Å². The van der Waals surface area contributed by atoms with E-state index in [4.69, 9.17) is 14.2 Å². The highest BCUT2D eigenvalue weighted by molar-refractivity contribution is 5.87. The molecule has 1 aromatic carbocycles. The van der Waals surface area contributed by atoms with Crippen molar-refractivity contribution in [3.63, 3.8) is 0 Å². The number of ether oxygens (including phenoxy) is 3. The second-order valence-corrected chi connectivity index (χ2v) is 5.67. The van der Waals surface area contributed by atoms with Gasteiger partial charge in [0.25, 0.3) is 0 Å². The second-order valence-electron chi connectivity index (χ2n) is 5.67. The number of rotatable bonds is 6. The Morgan fingerprint density at radius 2 is 1.87 bits per heavy atom. The molecular formula is C18H24O5. The van der Waals surface area contributed by atoms with Crippen molar-refractivity contribution in [1.82, 2.24) is 0 Å². The molecule has 0 bridgehead atoms. The molecule has 23 heavy (non-hydrogen) atoms. The topological polar surface area (TPSA) is 61.8 Å². The SMILES string of the molecule is C=C(C)C(=O)OC(C)(CC)c1cc(C)c(OC(C)=O)c(OC)c1. The summed E-state index contributed by atoms with van der Waals surface area (Å²) in [6.07, 6.45) is 0.571. The molecule has 126 valence electrons. The van der Waals surface area contributed by atoms with E-state index in [1.165, 1.54) is 14.0 Å². The highest BCUT2D eigenvalue weighted by Crippen LogP contribution is 2.39. The lowest BCUT2D eigenvalue weighted by molar-refractivity contribution is -0.154. The maximum atomic E-state index is 11.9. The maximum absolute atomic E-state index is 11.9. The number of hydrogen-bond acceptors (Lipinski definition) is 5. The van der Waals surface area contributed by atoms with E-state index in [0.717, 1.165) is 11.1 Å². The molecule has 0 aliphatic rings. The van der Waals surface area contributed by atoms with Crippen molar-refractivity contribution in [2.24, 2.45) is 0 Å². The summed E-state index contributed by atoms with van der Waals surface area (Å²) in [4.78, 5) is 23.2. The molecule has 1 aromatic rings. The van der Waals surface area contributed by atoms with Crippen LogP contribution in [0.25, 0.3) is 0 Å². The van der Waals surface area contributed by atoms with Crippen LogP contribution in [0.4, 0.5) is 0 Å². The lowest BCUT2D eigenvalue weighted by Gasteiger charge is -2.30. The minimum absolute atomic E-state index is 0.338. The number of aryl methyl sites for hydroxylation is 1. The molecule has 1 atom stereocenters. The molecule has 5 nitrogen and oxygen atoms in total. The van der Waals surface area contributed by atoms with E-state index >= 15 is 0 Å². The Balaban J connectivity index is 3.35. The Bertz CT molecular complexity index is 633. The zero-order chi connectivity index (χ0) is 17.8. The molecule has 5 heteroatoms. The molecule has 0 heterocycles. The Hall–Kier alpha value is -2.30. The quantitative estimate of drug-likeness (QED) is 0.454. The minimum Gasteiger partial charge on any atom is -0.493 e. The Kier molecular flexibility index (Phi) is 5.96. The van der Waals surface area contributed by atoms with Crippen LogP contribution in [-0.4, -0.2) is 19.0 Å². The molecule has 0 aromatic heterocycles. The van der Waals surface area contributed by atoms with E-state index in [1.807, 2.05) is 19.9 Å². The van der Waals surface area contributed by atoms with Gasteiger partial charge in [0, 0.05) is 12.5 Å². The lowest BCUT2D eigenvalue weighted by atomic mass is 9.91. The first-order valence-electron chi connectivity index (χ1n) is 7.41. The van der Waals surface area contributed by atoms with Gasteiger partial charge in [-0.25, -0.2) is 4.79 Å². The largest absolute Gasteiger partial charge is 0.493 e. The Morgan fingerprint density at radius 3 is 2.30 bits per heavy atom. The number of carbonyl (C=O) groups is 2. The van der Waals surface area contributed by atoms with E-state index in [9.17, 15) is 9.59 Å². The summed E-state index contributed by atoms with van der Waals surface area (Å²) < 4.78 is 16.1. The average molecular weight is 320 g/mol. The van der Waals surface area contributed by atoms with Gasteiger partial charge in [0.2, 0.25) is 0 Å². The van der Waals surface area contributed by atoms with E-state index in [0.29, 0.717) is 23.5 Å². The van der Waals surface area contributed by atoms with Gasteiger partial charge in [0.15, 0.2) is 11.5 Å². The first kappa shape index (κ1) is 18.7. The summed E-state index contributed by atoms with van der Waals surface area (Å²) in [5.41, 5.74) is 0.994. The fourth-order valence-electron chi connectivity index (χ4n) is 2.10. The van der Waals surface area contributed by atoms with Crippen LogP contribution < -0.4 is 9.47 Å². The highest BCUT2D eigenvalue weighted by atomic mass is 16.6. The molecule has 0 N–H and O–H groups in total. The first-order valence-corrected chi connectivity index (χ1v) is 7.41. The smallest absolute Gasteiger partial charge is 0.333 e. The standard InChI is InChI=1S/C18H24O5/c1-8-18(6,23-17(20)11(2)3)14-9-12(4)16(22-13(5)19)15(10-14)21-7/h9-10H,2,8H2,1,3-7H3. The normalized spacial score (nSPS) is 13.0. The molecule has 0 aliphatic carbocycles. The fraction of sp³-hybridized carbons (Fsp3) is 0.444. The monoisotopic (exact) mass is 320 g/mol. The summed E-state index contributed by atoms with van der Waals surface area (Å²) in [5.74, 6) is -0.0872. The first-order chi connectivity index (χ1) is 10.6. The minimum atomic E-state index is -0.831. The molecule has 0 aliphatic heterocycles. The third-order valence-electron chi connectivity index (χ3n) is 3.66. The fourth-order valence-corrected chi connectivity index (χ4v) is 2.10. The van der Waals surface area contributed by atoms with Gasteiger partial charge in [-0.2, -0.15) is 0 Å². The van der Waals surface area contributed by atoms with Crippen LogP contribution in [0.1, 0.15) is 45.2 Å². The van der Waals surface area contributed by atoms with E-state index in [1.54, 1.807) is 19.9 Å². The van der Waals surface area contributed by atoms with E-state index in [-0.39, 0.29) is 0 Å². The van der Waals surface area contributed by atoms with Crippen molar-refractivity contribution in [3.05, 3.63) is 35.4 Å².